The van der Waals surface area contributed by atoms with E-state index in [0.29, 0.717) is 12.5 Å². The third kappa shape index (κ3) is 7.45. The molecule has 30 heavy (non-hydrogen) atoms. The maximum Gasteiger partial charge on any atom is 0.223 e. The van der Waals surface area contributed by atoms with Crippen LogP contribution in [-0.4, -0.2) is 42.0 Å². The lowest BCUT2D eigenvalue weighted by atomic mass is 9.93. The van der Waals surface area contributed by atoms with Gasteiger partial charge in [0.05, 0.1) is 11.7 Å². The van der Waals surface area contributed by atoms with Crippen LogP contribution >= 0.6 is 0 Å². The predicted octanol–water partition coefficient (Wildman–Crippen LogP) is 4.71. The van der Waals surface area contributed by atoms with Gasteiger partial charge in [-0.15, -0.1) is 0 Å². The predicted molar refractivity (Wildman–Crippen MR) is 122 cm³/mol. The van der Waals surface area contributed by atoms with Crippen molar-refractivity contribution in [1.29, 1.82) is 0 Å². The maximum absolute atomic E-state index is 12.8. The van der Waals surface area contributed by atoms with Crippen LogP contribution in [0.4, 0.5) is 0 Å². The molecular weight excluding hydrogens is 374 g/mol. The van der Waals surface area contributed by atoms with E-state index in [1.807, 2.05) is 62.4 Å². The zero-order valence-corrected chi connectivity index (χ0v) is 18.9. The highest BCUT2D eigenvalue weighted by molar-refractivity contribution is 5.79. The molecule has 1 aromatic carbocycles. The molecule has 0 bridgehead atoms. The molecule has 2 heterocycles. The van der Waals surface area contributed by atoms with Gasteiger partial charge in [0.1, 0.15) is 12.4 Å². The van der Waals surface area contributed by atoms with Crippen molar-refractivity contribution in [3.05, 3.63) is 60.4 Å². The van der Waals surface area contributed by atoms with Crippen LogP contribution in [-0.2, 0) is 4.79 Å². The molecule has 1 atom stereocenters. The second kappa shape index (κ2) is 13.0. The van der Waals surface area contributed by atoms with Gasteiger partial charge in [0.25, 0.3) is 0 Å². The average molecular weight is 412 g/mol. The minimum atomic E-state index is -0.0361. The minimum Gasteiger partial charge on any atom is -0.492 e. The van der Waals surface area contributed by atoms with E-state index in [-0.39, 0.29) is 17.9 Å². The number of carbonyl (C=O) groups is 1. The molecule has 1 amide bonds. The van der Waals surface area contributed by atoms with Gasteiger partial charge in [-0.3, -0.25) is 14.7 Å². The molecular formula is C25H37N3O2. The molecule has 5 heteroatoms. The SMILES string of the molecule is CC.CC(C)C(NC(=O)C1CCN(CCOc2ccccc2)CC1)c1ccccn1. The van der Waals surface area contributed by atoms with Gasteiger partial charge < -0.3 is 10.1 Å². The number of hydrogen-bond donors (Lipinski definition) is 1. The molecule has 1 fully saturated rings. The lowest BCUT2D eigenvalue weighted by molar-refractivity contribution is -0.127. The summed E-state index contributed by atoms with van der Waals surface area (Å²) in [4.78, 5) is 19.6. The van der Waals surface area contributed by atoms with E-state index in [1.165, 1.54) is 0 Å². The second-order valence-electron chi connectivity index (χ2n) is 7.76. The molecule has 1 aliphatic heterocycles. The topological polar surface area (TPSA) is 54.5 Å². The van der Waals surface area contributed by atoms with Gasteiger partial charge in [-0.1, -0.05) is 52.0 Å². The van der Waals surface area contributed by atoms with Crippen molar-refractivity contribution in [3.8, 4) is 5.75 Å². The van der Waals surface area contributed by atoms with Crippen LogP contribution in [0.3, 0.4) is 0 Å². The van der Waals surface area contributed by atoms with Crippen molar-refractivity contribution in [2.45, 2.75) is 46.6 Å². The Kier molecular flexibility index (Phi) is 10.4. The number of para-hydroxylation sites is 1. The van der Waals surface area contributed by atoms with Gasteiger partial charge in [-0.05, 0) is 56.1 Å². The monoisotopic (exact) mass is 411 g/mol. The van der Waals surface area contributed by atoms with Gasteiger partial charge in [-0.2, -0.15) is 0 Å². The zero-order chi connectivity index (χ0) is 21.8. The number of likely N-dealkylation sites (tertiary alicyclic amines) is 1. The first kappa shape index (κ1) is 23.9. The largest absolute Gasteiger partial charge is 0.492 e. The smallest absolute Gasteiger partial charge is 0.223 e. The van der Waals surface area contributed by atoms with Gasteiger partial charge in [0.2, 0.25) is 5.91 Å². The molecule has 0 spiro atoms. The third-order valence-corrected chi connectivity index (χ3v) is 5.35. The summed E-state index contributed by atoms with van der Waals surface area (Å²) in [6, 6.07) is 15.7. The number of nitrogens with one attached hydrogen (secondary N) is 1. The number of amides is 1. The number of piperidine rings is 1. The quantitative estimate of drug-likeness (QED) is 0.683. The molecule has 1 unspecified atom stereocenters. The lowest BCUT2D eigenvalue weighted by Gasteiger charge is -2.32. The normalized spacial score (nSPS) is 15.8. The first-order valence-electron chi connectivity index (χ1n) is 11.2. The zero-order valence-electron chi connectivity index (χ0n) is 18.9. The average Bonchev–Trinajstić information content (AvgIpc) is 2.80. The Morgan fingerprint density at radius 2 is 1.77 bits per heavy atom. The van der Waals surface area contributed by atoms with Crippen molar-refractivity contribution >= 4 is 5.91 Å². The van der Waals surface area contributed by atoms with Crippen LogP contribution in [0.15, 0.2) is 54.7 Å². The summed E-state index contributed by atoms with van der Waals surface area (Å²) >= 11 is 0. The van der Waals surface area contributed by atoms with Crippen LogP contribution in [0.5, 0.6) is 5.75 Å². The number of benzene rings is 1. The number of rotatable bonds is 8. The highest BCUT2D eigenvalue weighted by Crippen LogP contribution is 2.23. The first-order chi connectivity index (χ1) is 14.6. The maximum atomic E-state index is 12.8. The fourth-order valence-electron chi connectivity index (χ4n) is 3.64. The second-order valence-corrected chi connectivity index (χ2v) is 7.76. The van der Waals surface area contributed by atoms with Crippen LogP contribution in [0.1, 0.15) is 52.3 Å². The molecule has 0 aliphatic carbocycles. The summed E-state index contributed by atoms with van der Waals surface area (Å²) in [5.41, 5.74) is 0.932. The van der Waals surface area contributed by atoms with Crippen molar-refractivity contribution in [3.63, 3.8) is 0 Å². The van der Waals surface area contributed by atoms with E-state index in [1.54, 1.807) is 6.20 Å². The number of nitrogens with zero attached hydrogens (tertiary/aromatic N) is 2. The molecule has 5 nitrogen and oxygen atoms in total. The highest BCUT2D eigenvalue weighted by atomic mass is 16.5. The van der Waals surface area contributed by atoms with Gasteiger partial charge in [0.15, 0.2) is 0 Å². The van der Waals surface area contributed by atoms with E-state index >= 15 is 0 Å². The van der Waals surface area contributed by atoms with Crippen LogP contribution in [0, 0.1) is 11.8 Å². The Hall–Kier alpha value is -2.40. The number of hydrogen-bond acceptors (Lipinski definition) is 4. The molecule has 1 N–H and O–H groups in total. The molecule has 0 saturated carbocycles. The van der Waals surface area contributed by atoms with Crippen LogP contribution in [0.25, 0.3) is 0 Å². The van der Waals surface area contributed by atoms with E-state index in [9.17, 15) is 4.79 Å². The highest BCUT2D eigenvalue weighted by Gasteiger charge is 2.28. The first-order valence-corrected chi connectivity index (χ1v) is 11.2. The number of aromatic nitrogens is 1. The Labute approximate surface area is 181 Å². The Bertz CT molecular complexity index is 714. The van der Waals surface area contributed by atoms with Crippen molar-refractivity contribution in [2.75, 3.05) is 26.2 Å². The van der Waals surface area contributed by atoms with E-state index in [4.69, 9.17) is 4.74 Å². The Balaban J connectivity index is 0.00000155. The van der Waals surface area contributed by atoms with Crippen molar-refractivity contribution in [1.82, 2.24) is 15.2 Å². The summed E-state index contributed by atoms with van der Waals surface area (Å²) < 4.78 is 5.78. The third-order valence-electron chi connectivity index (χ3n) is 5.35. The summed E-state index contributed by atoms with van der Waals surface area (Å²) in [6.45, 7) is 11.7. The van der Waals surface area contributed by atoms with Gasteiger partial charge in [-0.25, -0.2) is 0 Å². The van der Waals surface area contributed by atoms with E-state index in [2.05, 4.69) is 29.0 Å². The minimum absolute atomic E-state index is 0.0361. The van der Waals surface area contributed by atoms with Crippen LogP contribution in [0.2, 0.25) is 0 Å². The van der Waals surface area contributed by atoms with E-state index < -0.39 is 0 Å². The van der Waals surface area contributed by atoms with Gasteiger partial charge >= 0.3 is 0 Å². The molecule has 2 aromatic rings. The standard InChI is InChI=1S/C23H31N3O2.C2H6/c1-18(2)22(21-10-6-7-13-24-21)25-23(27)19-11-14-26(15-12-19)16-17-28-20-8-4-3-5-9-20;1-2/h3-10,13,18-19,22H,11-12,14-17H2,1-2H3,(H,25,27);1-2H3. The van der Waals surface area contributed by atoms with Crippen molar-refractivity contribution < 1.29 is 9.53 Å². The fourth-order valence-corrected chi connectivity index (χ4v) is 3.64. The summed E-state index contributed by atoms with van der Waals surface area (Å²) in [5, 5.41) is 3.24. The summed E-state index contributed by atoms with van der Waals surface area (Å²) in [7, 11) is 0. The number of carbonyl (C=O) groups excluding carboxylic acids is 1. The molecule has 1 aliphatic rings. The van der Waals surface area contributed by atoms with E-state index in [0.717, 1.165) is 43.9 Å². The van der Waals surface area contributed by atoms with Crippen LogP contribution < -0.4 is 10.1 Å². The molecule has 164 valence electrons. The van der Waals surface area contributed by atoms with Crippen molar-refractivity contribution in [2.24, 2.45) is 11.8 Å². The molecule has 1 aromatic heterocycles. The molecule has 3 rings (SSSR count). The Morgan fingerprint density at radius 1 is 1.10 bits per heavy atom. The number of ether oxygens (including phenoxy) is 1. The number of pyridine rings is 1. The summed E-state index contributed by atoms with van der Waals surface area (Å²) in [6.07, 6.45) is 3.57. The summed E-state index contributed by atoms with van der Waals surface area (Å²) in [5.74, 6) is 1.45. The van der Waals surface area contributed by atoms with Gasteiger partial charge in [0, 0.05) is 18.7 Å². The lowest BCUT2D eigenvalue weighted by Crippen LogP contribution is -2.43. The Morgan fingerprint density at radius 3 is 2.37 bits per heavy atom. The molecule has 1 saturated heterocycles. The fraction of sp³-hybridized carbons (Fsp3) is 0.520. The molecule has 0 radical (unpaired) electrons.